The fourth-order valence-electron chi connectivity index (χ4n) is 5.65. The van der Waals surface area contributed by atoms with Crippen LogP contribution in [0.5, 0.6) is 0 Å². The summed E-state index contributed by atoms with van der Waals surface area (Å²) in [5, 5.41) is 13.5. The molecule has 3 rings (SSSR count). The number of para-hydroxylation sites is 1. The van der Waals surface area contributed by atoms with Gasteiger partial charge in [0.25, 0.3) is 0 Å². The second-order valence-corrected chi connectivity index (χ2v) is 12.7. The molecule has 14 nitrogen and oxygen atoms in total. The molecule has 0 spiro atoms. The maximum atomic E-state index is 13.4. The highest BCUT2D eigenvalue weighted by molar-refractivity contribution is 6.00. The van der Waals surface area contributed by atoms with Gasteiger partial charge >= 0.3 is 6.03 Å². The van der Waals surface area contributed by atoms with Gasteiger partial charge in [-0.2, -0.15) is 0 Å². The number of carbonyl (C=O) groups is 7. The van der Waals surface area contributed by atoms with Crippen LogP contribution in [0.3, 0.4) is 0 Å². The van der Waals surface area contributed by atoms with Gasteiger partial charge in [0.2, 0.25) is 23.6 Å². The fourth-order valence-corrected chi connectivity index (χ4v) is 5.65. The van der Waals surface area contributed by atoms with Crippen molar-refractivity contribution in [1.82, 2.24) is 20.9 Å². The highest BCUT2D eigenvalue weighted by atomic mass is 16.2. The third-order valence-corrected chi connectivity index (χ3v) is 8.50. The number of nitrogens with two attached hydrogens (primary N) is 1. The molecule has 1 aliphatic rings. The van der Waals surface area contributed by atoms with Gasteiger partial charge in [-0.1, -0.05) is 44.2 Å². The topological polar surface area (TPSA) is 209 Å². The molecule has 2 aromatic rings. The van der Waals surface area contributed by atoms with Gasteiger partial charge in [0, 0.05) is 24.3 Å². The number of nitrogens with one attached hydrogen (secondary N) is 5. The van der Waals surface area contributed by atoms with Crippen molar-refractivity contribution in [2.24, 2.45) is 11.7 Å². The highest BCUT2D eigenvalue weighted by Gasteiger charge is 2.36. The molecule has 0 unspecified atom stereocenters. The van der Waals surface area contributed by atoms with Crippen LogP contribution in [0.4, 0.5) is 16.2 Å². The maximum absolute atomic E-state index is 13.4. The smallest absolute Gasteiger partial charge is 0.323 e. The van der Waals surface area contributed by atoms with Gasteiger partial charge in [-0.05, 0) is 80.8 Å². The van der Waals surface area contributed by atoms with E-state index in [1.54, 1.807) is 44.2 Å². The average Bonchev–Trinajstić information content (AvgIpc) is 3.57. The van der Waals surface area contributed by atoms with Crippen LogP contribution in [-0.2, 0) is 35.2 Å². The molecule has 50 heavy (non-hydrogen) atoms. The molecular weight excluding hydrogens is 642 g/mol. The molecule has 0 aliphatic carbocycles. The number of amides is 6. The summed E-state index contributed by atoms with van der Waals surface area (Å²) in [6, 6.07) is 9.79. The SMILES string of the molecule is Cc1ccccc1NC(=O)Nc1ccc(CC(=O)N[C@@H](CCCCN)C(=O)N[C@@H](CC=O)C(=O)N[C@H](C(=O)N2CCC[C@H]2C=O)C(C)C)cc1. The van der Waals surface area contributed by atoms with Gasteiger partial charge in [0.05, 0.1) is 12.5 Å². The predicted octanol–water partition coefficient (Wildman–Crippen LogP) is 2.20. The zero-order valence-electron chi connectivity index (χ0n) is 28.9. The number of hydrogen-bond acceptors (Lipinski definition) is 8. The molecule has 1 fully saturated rings. The quantitative estimate of drug-likeness (QED) is 0.101. The van der Waals surface area contributed by atoms with Crippen molar-refractivity contribution in [3.8, 4) is 0 Å². The summed E-state index contributed by atoms with van der Waals surface area (Å²) in [6.45, 7) is 6.16. The number of carbonyl (C=O) groups excluding carboxylic acids is 7. The summed E-state index contributed by atoms with van der Waals surface area (Å²) in [7, 11) is 0. The van der Waals surface area contributed by atoms with Gasteiger partial charge < -0.3 is 46.8 Å². The summed E-state index contributed by atoms with van der Waals surface area (Å²) in [5.41, 5.74) is 8.39. The van der Waals surface area contributed by atoms with E-state index in [-0.39, 0.29) is 25.2 Å². The molecule has 1 heterocycles. The van der Waals surface area contributed by atoms with Crippen molar-refractivity contribution in [3.05, 3.63) is 59.7 Å². The summed E-state index contributed by atoms with van der Waals surface area (Å²) in [5.74, 6) is -2.58. The van der Waals surface area contributed by atoms with Crippen molar-refractivity contribution in [2.75, 3.05) is 23.7 Å². The van der Waals surface area contributed by atoms with Crippen LogP contribution in [-0.4, -0.2) is 84.4 Å². The van der Waals surface area contributed by atoms with E-state index in [9.17, 15) is 33.6 Å². The van der Waals surface area contributed by atoms with Crippen LogP contribution in [0.2, 0.25) is 0 Å². The van der Waals surface area contributed by atoms with Crippen LogP contribution in [0.1, 0.15) is 63.5 Å². The Hall–Kier alpha value is -5.11. The van der Waals surface area contributed by atoms with E-state index in [1.807, 2.05) is 25.1 Å². The van der Waals surface area contributed by atoms with Gasteiger partial charge in [0.1, 0.15) is 30.7 Å². The van der Waals surface area contributed by atoms with Crippen LogP contribution < -0.4 is 32.3 Å². The monoisotopic (exact) mass is 691 g/mol. The number of hydrogen-bond donors (Lipinski definition) is 6. The van der Waals surface area contributed by atoms with Crippen LogP contribution in [0, 0.1) is 12.8 Å². The fraction of sp³-hybridized carbons (Fsp3) is 0.472. The molecule has 2 aromatic carbocycles. The second-order valence-electron chi connectivity index (χ2n) is 12.7. The Morgan fingerprint density at radius 3 is 2.24 bits per heavy atom. The second kappa shape index (κ2) is 19.8. The van der Waals surface area contributed by atoms with Gasteiger partial charge in [0.15, 0.2) is 0 Å². The Bertz CT molecular complexity index is 1500. The molecule has 1 saturated heterocycles. The van der Waals surface area contributed by atoms with Gasteiger partial charge in [-0.25, -0.2) is 4.79 Å². The zero-order valence-corrected chi connectivity index (χ0v) is 28.9. The summed E-state index contributed by atoms with van der Waals surface area (Å²) < 4.78 is 0. The Morgan fingerprint density at radius 1 is 0.900 bits per heavy atom. The first-order valence-electron chi connectivity index (χ1n) is 17.0. The Morgan fingerprint density at radius 2 is 1.60 bits per heavy atom. The van der Waals surface area contributed by atoms with E-state index < -0.39 is 53.8 Å². The summed E-state index contributed by atoms with van der Waals surface area (Å²) in [4.78, 5) is 90.0. The number of unbranched alkanes of at least 4 members (excludes halogenated alkanes) is 1. The number of benzene rings is 2. The first-order valence-corrected chi connectivity index (χ1v) is 17.0. The lowest BCUT2D eigenvalue weighted by atomic mass is 10.0. The lowest BCUT2D eigenvalue weighted by Gasteiger charge is -2.30. The van der Waals surface area contributed by atoms with Crippen molar-refractivity contribution >= 4 is 53.6 Å². The normalized spacial score (nSPS) is 15.7. The Kier molecular flexibility index (Phi) is 15.6. The number of nitrogens with zero attached hydrogens (tertiary/aromatic N) is 1. The van der Waals surface area contributed by atoms with Gasteiger partial charge in [-0.15, -0.1) is 0 Å². The lowest BCUT2D eigenvalue weighted by molar-refractivity contribution is -0.140. The molecule has 0 bridgehead atoms. The van der Waals surface area contributed by atoms with E-state index in [0.717, 1.165) is 11.8 Å². The lowest BCUT2D eigenvalue weighted by Crippen LogP contribution is -2.58. The van der Waals surface area contributed by atoms with Crippen molar-refractivity contribution < 1.29 is 33.6 Å². The molecule has 0 aromatic heterocycles. The summed E-state index contributed by atoms with van der Waals surface area (Å²) >= 11 is 0. The number of anilines is 2. The Labute approximate surface area is 292 Å². The number of aldehydes is 2. The van der Waals surface area contributed by atoms with Crippen molar-refractivity contribution in [1.29, 1.82) is 0 Å². The third kappa shape index (κ3) is 11.8. The molecule has 14 heteroatoms. The summed E-state index contributed by atoms with van der Waals surface area (Å²) in [6.07, 6.45) is 3.36. The van der Waals surface area contributed by atoms with E-state index in [1.165, 1.54) is 4.90 Å². The molecule has 0 saturated carbocycles. The minimum Gasteiger partial charge on any atom is -0.344 e. The van der Waals surface area contributed by atoms with E-state index in [0.29, 0.717) is 62.0 Å². The minimum absolute atomic E-state index is 0.0644. The number of likely N-dealkylation sites (tertiary alicyclic amines) is 1. The van der Waals surface area contributed by atoms with E-state index >= 15 is 0 Å². The average molecular weight is 692 g/mol. The maximum Gasteiger partial charge on any atom is 0.323 e. The van der Waals surface area contributed by atoms with E-state index in [4.69, 9.17) is 5.73 Å². The van der Waals surface area contributed by atoms with Crippen LogP contribution in [0.25, 0.3) is 0 Å². The molecule has 270 valence electrons. The van der Waals surface area contributed by atoms with Crippen LogP contribution >= 0.6 is 0 Å². The first kappa shape index (κ1) is 39.3. The van der Waals surface area contributed by atoms with Crippen molar-refractivity contribution in [3.63, 3.8) is 0 Å². The predicted molar refractivity (Wildman–Crippen MR) is 189 cm³/mol. The largest absolute Gasteiger partial charge is 0.344 e. The third-order valence-electron chi connectivity index (χ3n) is 8.50. The first-order chi connectivity index (χ1) is 24.0. The Balaban J connectivity index is 1.62. The van der Waals surface area contributed by atoms with E-state index in [2.05, 4.69) is 26.6 Å². The molecular formula is C36H49N7O7. The molecule has 6 amide bonds. The van der Waals surface area contributed by atoms with Crippen molar-refractivity contribution in [2.45, 2.75) is 89.9 Å². The zero-order chi connectivity index (χ0) is 36.6. The highest BCUT2D eigenvalue weighted by Crippen LogP contribution is 2.19. The molecule has 0 radical (unpaired) electrons. The standard InChI is InChI=1S/C36H49N7O7/c1-23(2)32(35(49)43-19-8-10-27(43)22-45)42-34(48)30(17-20-44)40-33(47)29(12-6-7-18-37)39-31(46)21-25-13-15-26(16-14-25)38-36(50)41-28-11-5-4-9-24(28)3/h4-5,9,11,13-16,20,22-23,27,29-30,32H,6-8,10,12,17-19,21,37H2,1-3H3,(H,39,46)(H,40,47)(H,42,48)(H2,38,41,50)/t27-,29-,30-,32-/m0/s1. The van der Waals surface area contributed by atoms with Gasteiger partial charge in [-0.3, -0.25) is 19.2 Å². The number of aryl methyl sites for hydroxylation is 1. The minimum atomic E-state index is -1.30. The molecule has 1 aliphatic heterocycles. The number of urea groups is 1. The molecule has 7 N–H and O–H groups in total. The number of rotatable bonds is 18. The molecule has 4 atom stereocenters. The van der Waals surface area contributed by atoms with Crippen LogP contribution in [0.15, 0.2) is 48.5 Å².